The van der Waals surface area contributed by atoms with E-state index in [0.717, 1.165) is 5.56 Å². The predicted octanol–water partition coefficient (Wildman–Crippen LogP) is 2.75. The van der Waals surface area contributed by atoms with Crippen molar-refractivity contribution < 1.29 is 9.21 Å². The molecule has 0 saturated heterocycles. The van der Waals surface area contributed by atoms with Gasteiger partial charge in [-0.1, -0.05) is 6.07 Å². The van der Waals surface area contributed by atoms with Crippen molar-refractivity contribution in [1.82, 2.24) is 4.98 Å². The molecule has 0 radical (unpaired) electrons. The molecule has 2 aromatic heterocycles. The van der Waals surface area contributed by atoms with Gasteiger partial charge in [0.2, 0.25) is 5.22 Å². The summed E-state index contributed by atoms with van der Waals surface area (Å²) in [5.41, 5.74) is 1.28. The van der Waals surface area contributed by atoms with Crippen LogP contribution in [-0.4, -0.2) is 10.8 Å². The van der Waals surface area contributed by atoms with Crippen molar-refractivity contribution in [1.29, 1.82) is 0 Å². The van der Waals surface area contributed by atoms with E-state index in [1.165, 1.54) is 6.26 Å². The zero-order valence-corrected chi connectivity index (χ0v) is 8.57. The molecule has 2 rings (SSSR count). The maximum atomic E-state index is 11.7. The second-order valence-corrected chi connectivity index (χ2v) is 3.41. The quantitative estimate of drug-likeness (QED) is 0.749. The second-order valence-electron chi connectivity index (χ2n) is 3.07. The fraction of sp³-hybridized carbons (Fsp3) is 0.0909. The van der Waals surface area contributed by atoms with Crippen LogP contribution < -0.4 is 0 Å². The SMILES string of the molecule is O=C(Cc1cccnc1)c1ccoc1Cl. The van der Waals surface area contributed by atoms with Crippen LogP contribution in [0.3, 0.4) is 0 Å². The zero-order chi connectivity index (χ0) is 10.7. The molecule has 15 heavy (non-hydrogen) atoms. The van der Waals surface area contributed by atoms with Gasteiger partial charge in [-0.15, -0.1) is 0 Å². The van der Waals surface area contributed by atoms with Crippen LogP contribution in [0.4, 0.5) is 0 Å². The number of nitrogens with zero attached hydrogens (tertiary/aromatic N) is 1. The summed E-state index contributed by atoms with van der Waals surface area (Å²) in [6, 6.07) is 5.21. The first kappa shape index (κ1) is 9.93. The normalized spacial score (nSPS) is 10.2. The Morgan fingerprint density at radius 3 is 2.93 bits per heavy atom. The number of carbonyl (C=O) groups excluding carboxylic acids is 1. The summed E-state index contributed by atoms with van der Waals surface area (Å²) in [6.07, 6.45) is 5.01. The lowest BCUT2D eigenvalue weighted by molar-refractivity contribution is 0.0992. The van der Waals surface area contributed by atoms with Crippen LogP contribution in [0.25, 0.3) is 0 Å². The molecule has 0 saturated carbocycles. The summed E-state index contributed by atoms with van der Waals surface area (Å²) >= 11 is 5.70. The van der Waals surface area contributed by atoms with Crippen molar-refractivity contribution in [2.45, 2.75) is 6.42 Å². The number of furan rings is 1. The minimum Gasteiger partial charge on any atom is -0.452 e. The highest BCUT2D eigenvalue weighted by molar-refractivity contribution is 6.32. The highest BCUT2D eigenvalue weighted by Crippen LogP contribution is 2.18. The summed E-state index contributed by atoms with van der Waals surface area (Å²) in [5, 5.41) is 0.142. The van der Waals surface area contributed by atoms with Gasteiger partial charge in [-0.05, 0) is 29.3 Å². The third-order valence-corrected chi connectivity index (χ3v) is 2.30. The molecule has 0 atom stereocenters. The summed E-state index contributed by atoms with van der Waals surface area (Å²) in [5.74, 6) is -0.0678. The van der Waals surface area contributed by atoms with Gasteiger partial charge in [0.1, 0.15) is 0 Å². The van der Waals surface area contributed by atoms with Gasteiger partial charge >= 0.3 is 0 Å². The van der Waals surface area contributed by atoms with Crippen LogP contribution in [0.5, 0.6) is 0 Å². The van der Waals surface area contributed by atoms with Gasteiger partial charge in [0.15, 0.2) is 5.78 Å². The second kappa shape index (κ2) is 4.28. The minimum absolute atomic E-state index is 0.0678. The monoisotopic (exact) mass is 221 g/mol. The lowest BCUT2D eigenvalue weighted by Crippen LogP contribution is -2.02. The maximum absolute atomic E-state index is 11.7. The van der Waals surface area contributed by atoms with E-state index < -0.39 is 0 Å². The molecule has 4 heteroatoms. The summed E-state index contributed by atoms with van der Waals surface area (Å²) in [4.78, 5) is 15.7. The topological polar surface area (TPSA) is 43.1 Å². The standard InChI is InChI=1S/C11H8ClNO2/c12-11-9(3-5-15-11)10(14)6-8-2-1-4-13-7-8/h1-5,7H,6H2. The van der Waals surface area contributed by atoms with Crippen LogP contribution >= 0.6 is 11.6 Å². The number of carbonyl (C=O) groups is 1. The molecule has 0 amide bonds. The molecule has 0 aliphatic heterocycles. The Hall–Kier alpha value is -1.61. The highest BCUT2D eigenvalue weighted by Gasteiger charge is 2.13. The van der Waals surface area contributed by atoms with E-state index in [-0.39, 0.29) is 17.4 Å². The Balaban J connectivity index is 2.15. The minimum atomic E-state index is -0.0678. The molecule has 0 bridgehead atoms. The molecule has 0 N–H and O–H groups in total. The highest BCUT2D eigenvalue weighted by atomic mass is 35.5. The van der Waals surface area contributed by atoms with Crippen molar-refractivity contribution in [3.8, 4) is 0 Å². The van der Waals surface area contributed by atoms with Crippen molar-refractivity contribution in [3.63, 3.8) is 0 Å². The van der Waals surface area contributed by atoms with Crippen LogP contribution in [0, 0.1) is 0 Å². The Bertz CT molecular complexity index is 464. The van der Waals surface area contributed by atoms with Crippen molar-refractivity contribution in [3.05, 3.63) is 53.2 Å². The first-order valence-corrected chi connectivity index (χ1v) is 4.80. The Kier molecular flexibility index (Phi) is 2.83. The van der Waals surface area contributed by atoms with Crippen molar-refractivity contribution in [2.75, 3.05) is 0 Å². The summed E-state index contributed by atoms with van der Waals surface area (Å²) in [7, 11) is 0. The van der Waals surface area contributed by atoms with E-state index in [4.69, 9.17) is 16.0 Å². The van der Waals surface area contributed by atoms with Crippen LogP contribution in [0.2, 0.25) is 5.22 Å². The lowest BCUT2D eigenvalue weighted by atomic mass is 10.1. The molecule has 0 aliphatic carbocycles. The van der Waals surface area contributed by atoms with E-state index in [9.17, 15) is 4.79 Å². The van der Waals surface area contributed by atoms with Crippen LogP contribution in [0.1, 0.15) is 15.9 Å². The number of pyridine rings is 1. The Morgan fingerprint density at radius 2 is 2.33 bits per heavy atom. The molecule has 3 nitrogen and oxygen atoms in total. The van der Waals surface area contributed by atoms with E-state index in [1.807, 2.05) is 6.07 Å². The van der Waals surface area contributed by atoms with Crippen molar-refractivity contribution >= 4 is 17.4 Å². The molecule has 76 valence electrons. The third-order valence-electron chi connectivity index (χ3n) is 2.01. The summed E-state index contributed by atoms with van der Waals surface area (Å²) < 4.78 is 4.85. The first-order chi connectivity index (χ1) is 7.27. The summed E-state index contributed by atoms with van der Waals surface area (Å²) in [6.45, 7) is 0. The van der Waals surface area contributed by atoms with Gasteiger partial charge in [-0.25, -0.2) is 0 Å². The molecular formula is C11H8ClNO2. The van der Waals surface area contributed by atoms with Gasteiger partial charge in [0, 0.05) is 18.8 Å². The molecular weight excluding hydrogens is 214 g/mol. The molecule has 0 spiro atoms. The van der Waals surface area contributed by atoms with Gasteiger partial charge in [-0.2, -0.15) is 0 Å². The number of halogens is 1. The third kappa shape index (κ3) is 2.25. The molecule has 0 aliphatic rings. The largest absolute Gasteiger partial charge is 0.452 e. The predicted molar refractivity (Wildman–Crippen MR) is 56.0 cm³/mol. The van der Waals surface area contributed by atoms with Gasteiger partial charge in [-0.3, -0.25) is 9.78 Å². The fourth-order valence-corrected chi connectivity index (χ4v) is 1.50. The number of rotatable bonds is 3. The van der Waals surface area contributed by atoms with E-state index in [1.54, 1.807) is 24.5 Å². The number of Topliss-reactive ketones (excluding diaryl/α,β-unsaturated/α-hetero) is 1. The average molecular weight is 222 g/mol. The van der Waals surface area contributed by atoms with E-state index >= 15 is 0 Å². The fourth-order valence-electron chi connectivity index (χ4n) is 1.28. The molecule has 0 unspecified atom stereocenters. The van der Waals surface area contributed by atoms with Gasteiger partial charge < -0.3 is 4.42 Å². The number of ketones is 1. The zero-order valence-electron chi connectivity index (χ0n) is 7.81. The number of hydrogen-bond donors (Lipinski definition) is 0. The molecule has 2 heterocycles. The van der Waals surface area contributed by atoms with Crippen LogP contribution in [0.15, 0.2) is 41.3 Å². The molecule has 0 aromatic carbocycles. The van der Waals surface area contributed by atoms with Crippen molar-refractivity contribution in [2.24, 2.45) is 0 Å². The lowest BCUT2D eigenvalue weighted by Gasteiger charge is -1.98. The van der Waals surface area contributed by atoms with Gasteiger partial charge in [0.05, 0.1) is 11.8 Å². The molecule has 0 fully saturated rings. The Labute approximate surface area is 91.7 Å². The number of hydrogen-bond acceptors (Lipinski definition) is 3. The maximum Gasteiger partial charge on any atom is 0.203 e. The first-order valence-electron chi connectivity index (χ1n) is 4.42. The Morgan fingerprint density at radius 1 is 1.47 bits per heavy atom. The van der Waals surface area contributed by atoms with Crippen LogP contribution in [-0.2, 0) is 6.42 Å². The van der Waals surface area contributed by atoms with Gasteiger partial charge in [0.25, 0.3) is 0 Å². The smallest absolute Gasteiger partial charge is 0.203 e. The van der Waals surface area contributed by atoms with E-state index in [2.05, 4.69) is 4.98 Å². The average Bonchev–Trinajstić information content (AvgIpc) is 2.66. The molecule has 2 aromatic rings. The van der Waals surface area contributed by atoms with E-state index in [0.29, 0.717) is 5.56 Å². The number of aromatic nitrogens is 1.